The Kier molecular flexibility index (Phi) is 4.76. The van der Waals surface area contributed by atoms with Crippen LogP contribution in [0.3, 0.4) is 0 Å². The summed E-state index contributed by atoms with van der Waals surface area (Å²) in [5.74, 6) is 5.29. The molecule has 0 aliphatic heterocycles. The first-order chi connectivity index (χ1) is 10.1. The zero-order chi connectivity index (χ0) is 15.2. The van der Waals surface area contributed by atoms with E-state index in [1.807, 2.05) is 50.2 Å². The van der Waals surface area contributed by atoms with E-state index in [1.54, 1.807) is 6.07 Å². The maximum Gasteiger partial charge on any atom is 0.255 e. The smallest absolute Gasteiger partial charge is 0.255 e. The highest BCUT2D eigenvalue weighted by molar-refractivity contribution is 6.05. The lowest BCUT2D eigenvalue weighted by molar-refractivity contribution is 0.102. The lowest BCUT2D eigenvalue weighted by Gasteiger charge is -2.10. The fourth-order valence-electron chi connectivity index (χ4n) is 2.02. The third kappa shape index (κ3) is 3.71. The SMILES string of the molecule is Cc1ccc(C#CCO)c(NC(=O)c2ccccc2C)c1. The second kappa shape index (κ2) is 6.74. The van der Waals surface area contributed by atoms with Gasteiger partial charge < -0.3 is 10.4 Å². The molecule has 0 atom stereocenters. The molecular formula is C18H17NO2. The van der Waals surface area contributed by atoms with Crippen molar-refractivity contribution in [1.82, 2.24) is 0 Å². The predicted octanol–water partition coefficient (Wildman–Crippen LogP) is 2.90. The number of carbonyl (C=O) groups is 1. The first kappa shape index (κ1) is 14.8. The monoisotopic (exact) mass is 279 g/mol. The number of benzene rings is 2. The Labute approximate surface area is 124 Å². The minimum absolute atomic E-state index is 0.161. The van der Waals surface area contributed by atoms with Crippen molar-refractivity contribution in [2.24, 2.45) is 0 Å². The Morgan fingerprint density at radius 3 is 2.67 bits per heavy atom. The van der Waals surface area contributed by atoms with Crippen molar-refractivity contribution in [3.8, 4) is 11.8 Å². The lowest BCUT2D eigenvalue weighted by Crippen LogP contribution is -2.14. The minimum Gasteiger partial charge on any atom is -0.384 e. The summed E-state index contributed by atoms with van der Waals surface area (Å²) in [6.45, 7) is 3.64. The number of aliphatic hydroxyl groups is 1. The van der Waals surface area contributed by atoms with Crippen molar-refractivity contribution >= 4 is 11.6 Å². The van der Waals surface area contributed by atoms with Crippen LogP contribution in [0.25, 0.3) is 0 Å². The molecule has 0 aromatic heterocycles. The molecule has 106 valence electrons. The molecule has 1 amide bonds. The van der Waals surface area contributed by atoms with E-state index < -0.39 is 0 Å². The summed E-state index contributed by atoms with van der Waals surface area (Å²) in [4.78, 5) is 12.4. The van der Waals surface area contributed by atoms with Gasteiger partial charge in [-0.2, -0.15) is 0 Å². The molecule has 2 aromatic rings. The van der Waals surface area contributed by atoms with Gasteiger partial charge in [0, 0.05) is 11.1 Å². The molecule has 3 heteroatoms. The summed E-state index contributed by atoms with van der Waals surface area (Å²) in [6.07, 6.45) is 0. The van der Waals surface area contributed by atoms with Gasteiger partial charge in [0.15, 0.2) is 0 Å². The molecule has 2 aromatic carbocycles. The maximum absolute atomic E-state index is 12.4. The van der Waals surface area contributed by atoms with E-state index in [4.69, 9.17) is 5.11 Å². The van der Waals surface area contributed by atoms with E-state index in [0.29, 0.717) is 16.8 Å². The third-order valence-electron chi connectivity index (χ3n) is 3.12. The van der Waals surface area contributed by atoms with E-state index in [-0.39, 0.29) is 12.5 Å². The predicted molar refractivity (Wildman–Crippen MR) is 84.3 cm³/mol. The number of carbonyl (C=O) groups excluding carboxylic acids is 1. The fraction of sp³-hybridized carbons (Fsp3) is 0.167. The summed E-state index contributed by atoms with van der Waals surface area (Å²) >= 11 is 0. The third-order valence-corrected chi connectivity index (χ3v) is 3.12. The van der Waals surface area contributed by atoms with Crippen LogP contribution in [-0.4, -0.2) is 17.6 Å². The number of rotatable bonds is 2. The molecule has 21 heavy (non-hydrogen) atoms. The molecule has 2 N–H and O–H groups in total. The highest BCUT2D eigenvalue weighted by Crippen LogP contribution is 2.18. The normalized spacial score (nSPS) is 9.67. The van der Waals surface area contributed by atoms with Gasteiger partial charge in [0.1, 0.15) is 6.61 Å². The highest BCUT2D eigenvalue weighted by Gasteiger charge is 2.10. The largest absolute Gasteiger partial charge is 0.384 e. The standard InChI is InChI=1S/C18H17NO2/c1-13-9-10-15(7-5-11-20)17(12-13)19-18(21)16-8-4-3-6-14(16)2/h3-4,6,8-10,12,20H,11H2,1-2H3,(H,19,21). The molecule has 0 unspecified atom stereocenters. The van der Waals surface area contributed by atoms with Crippen LogP contribution in [0, 0.1) is 25.7 Å². The molecule has 0 radical (unpaired) electrons. The van der Waals surface area contributed by atoms with Crippen LogP contribution in [0.1, 0.15) is 27.0 Å². The summed E-state index contributed by atoms with van der Waals surface area (Å²) in [5, 5.41) is 11.7. The van der Waals surface area contributed by atoms with Crippen LogP contribution in [0.4, 0.5) is 5.69 Å². The molecule has 2 rings (SSSR count). The average Bonchev–Trinajstić information content (AvgIpc) is 2.47. The Morgan fingerprint density at radius 1 is 1.19 bits per heavy atom. The van der Waals surface area contributed by atoms with Gasteiger partial charge in [0.2, 0.25) is 0 Å². The van der Waals surface area contributed by atoms with Crippen molar-refractivity contribution < 1.29 is 9.90 Å². The number of hydrogen-bond donors (Lipinski definition) is 2. The van der Waals surface area contributed by atoms with E-state index in [0.717, 1.165) is 11.1 Å². The number of anilines is 1. The molecule has 0 aliphatic carbocycles. The number of aryl methyl sites for hydroxylation is 2. The Morgan fingerprint density at radius 2 is 1.95 bits per heavy atom. The molecule has 0 saturated carbocycles. The van der Waals surface area contributed by atoms with Crippen LogP contribution < -0.4 is 5.32 Å². The zero-order valence-corrected chi connectivity index (χ0v) is 12.1. The highest BCUT2D eigenvalue weighted by atomic mass is 16.2. The second-order valence-electron chi connectivity index (χ2n) is 4.78. The molecule has 0 aliphatic rings. The van der Waals surface area contributed by atoms with Gasteiger partial charge in [0.05, 0.1) is 5.69 Å². The second-order valence-corrected chi connectivity index (χ2v) is 4.78. The fourth-order valence-corrected chi connectivity index (χ4v) is 2.02. The average molecular weight is 279 g/mol. The number of aliphatic hydroxyl groups excluding tert-OH is 1. The summed E-state index contributed by atoms with van der Waals surface area (Å²) in [6, 6.07) is 13.1. The van der Waals surface area contributed by atoms with Crippen LogP contribution in [-0.2, 0) is 0 Å². The van der Waals surface area contributed by atoms with Crippen molar-refractivity contribution in [2.45, 2.75) is 13.8 Å². The first-order valence-corrected chi connectivity index (χ1v) is 6.69. The number of amides is 1. The molecule has 0 spiro atoms. The quantitative estimate of drug-likeness (QED) is 0.830. The van der Waals surface area contributed by atoms with Crippen molar-refractivity contribution in [3.63, 3.8) is 0 Å². The number of hydrogen-bond acceptors (Lipinski definition) is 2. The zero-order valence-electron chi connectivity index (χ0n) is 12.1. The summed E-state index contributed by atoms with van der Waals surface area (Å²) in [7, 11) is 0. The van der Waals surface area contributed by atoms with Crippen molar-refractivity contribution in [3.05, 3.63) is 64.7 Å². The van der Waals surface area contributed by atoms with E-state index in [2.05, 4.69) is 17.2 Å². The molecule has 3 nitrogen and oxygen atoms in total. The summed E-state index contributed by atoms with van der Waals surface area (Å²) in [5.41, 5.74) is 3.94. The van der Waals surface area contributed by atoms with Crippen LogP contribution >= 0.6 is 0 Å². The maximum atomic E-state index is 12.4. The van der Waals surface area contributed by atoms with Gasteiger partial charge in [-0.3, -0.25) is 4.79 Å². The Bertz CT molecular complexity index is 723. The van der Waals surface area contributed by atoms with Gasteiger partial charge in [0.25, 0.3) is 5.91 Å². The van der Waals surface area contributed by atoms with Crippen LogP contribution in [0.2, 0.25) is 0 Å². The number of nitrogens with one attached hydrogen (secondary N) is 1. The van der Waals surface area contributed by atoms with Crippen molar-refractivity contribution in [1.29, 1.82) is 0 Å². The van der Waals surface area contributed by atoms with Gasteiger partial charge in [-0.15, -0.1) is 0 Å². The van der Waals surface area contributed by atoms with E-state index in [9.17, 15) is 4.79 Å². The first-order valence-electron chi connectivity index (χ1n) is 6.69. The molecular weight excluding hydrogens is 262 g/mol. The Balaban J connectivity index is 2.33. The topological polar surface area (TPSA) is 49.3 Å². The van der Waals surface area contributed by atoms with Gasteiger partial charge in [-0.05, 0) is 43.2 Å². The minimum atomic E-state index is -0.209. The van der Waals surface area contributed by atoms with Crippen LogP contribution in [0.15, 0.2) is 42.5 Å². The molecule has 0 saturated heterocycles. The molecule has 0 heterocycles. The lowest BCUT2D eigenvalue weighted by atomic mass is 10.1. The molecule has 0 fully saturated rings. The summed E-state index contributed by atoms with van der Waals surface area (Å²) < 4.78 is 0. The molecule has 0 bridgehead atoms. The van der Waals surface area contributed by atoms with E-state index in [1.165, 1.54) is 0 Å². The van der Waals surface area contributed by atoms with Gasteiger partial charge in [-0.1, -0.05) is 36.1 Å². The van der Waals surface area contributed by atoms with Crippen molar-refractivity contribution in [2.75, 3.05) is 11.9 Å². The Hall–Kier alpha value is -2.57. The van der Waals surface area contributed by atoms with Gasteiger partial charge in [-0.25, -0.2) is 0 Å². The van der Waals surface area contributed by atoms with Gasteiger partial charge >= 0.3 is 0 Å². The van der Waals surface area contributed by atoms with E-state index >= 15 is 0 Å². The van der Waals surface area contributed by atoms with Crippen LogP contribution in [0.5, 0.6) is 0 Å².